The summed E-state index contributed by atoms with van der Waals surface area (Å²) in [5.41, 5.74) is 1.96. The van der Waals surface area contributed by atoms with Gasteiger partial charge in [-0.05, 0) is 17.2 Å². The van der Waals surface area contributed by atoms with E-state index < -0.39 is 0 Å². The van der Waals surface area contributed by atoms with E-state index in [1.807, 2.05) is 42.5 Å². The number of carbonyl (C=O) groups is 2. The Morgan fingerprint density at radius 1 is 1.00 bits per heavy atom. The molecule has 120 valence electrons. The van der Waals surface area contributed by atoms with Crippen LogP contribution in [0.1, 0.15) is 18.1 Å². The van der Waals surface area contributed by atoms with E-state index in [1.165, 1.54) is 11.8 Å². The molecular formula is C18H21N3O2. The zero-order valence-electron chi connectivity index (χ0n) is 13.5. The smallest absolute Gasteiger partial charge is 0.242 e. The third kappa shape index (κ3) is 5.21. The number of hydrogen-bond acceptors (Lipinski definition) is 3. The van der Waals surface area contributed by atoms with Gasteiger partial charge in [0.25, 0.3) is 0 Å². The zero-order chi connectivity index (χ0) is 16.7. The van der Waals surface area contributed by atoms with Gasteiger partial charge in [-0.15, -0.1) is 0 Å². The molecular weight excluding hydrogens is 290 g/mol. The number of benzene rings is 1. The maximum Gasteiger partial charge on any atom is 0.242 e. The lowest BCUT2D eigenvalue weighted by molar-refractivity contribution is -0.139. The largest absolute Gasteiger partial charge is 0.340 e. The average molecular weight is 311 g/mol. The normalized spacial score (nSPS) is 10.2. The lowest BCUT2D eigenvalue weighted by Crippen LogP contribution is -2.40. The fraction of sp³-hybridized carbons (Fsp3) is 0.278. The van der Waals surface area contributed by atoms with Gasteiger partial charge in [0.2, 0.25) is 11.8 Å². The van der Waals surface area contributed by atoms with Crippen LogP contribution in [-0.4, -0.2) is 40.2 Å². The van der Waals surface area contributed by atoms with Crippen molar-refractivity contribution in [2.24, 2.45) is 0 Å². The minimum absolute atomic E-state index is 0.0631. The summed E-state index contributed by atoms with van der Waals surface area (Å²) in [6.07, 6.45) is 3.38. The number of hydrogen-bond donors (Lipinski definition) is 0. The van der Waals surface area contributed by atoms with Crippen LogP contribution in [0.5, 0.6) is 0 Å². The number of aromatic nitrogens is 1. The third-order valence-corrected chi connectivity index (χ3v) is 3.56. The predicted molar refractivity (Wildman–Crippen MR) is 88.2 cm³/mol. The standard InChI is InChI=1S/C18H21N3O2/c1-15(22)21(13-17-9-6-10-19-11-17)14-18(23)20(2)12-16-7-4-3-5-8-16/h3-11H,12-14H2,1-2H3. The van der Waals surface area contributed by atoms with Gasteiger partial charge in [0.15, 0.2) is 0 Å². The Hall–Kier alpha value is -2.69. The number of amides is 2. The lowest BCUT2D eigenvalue weighted by atomic mass is 10.2. The van der Waals surface area contributed by atoms with E-state index in [9.17, 15) is 9.59 Å². The van der Waals surface area contributed by atoms with E-state index in [4.69, 9.17) is 0 Å². The molecule has 0 bridgehead atoms. The van der Waals surface area contributed by atoms with Crippen molar-refractivity contribution in [3.63, 3.8) is 0 Å². The van der Waals surface area contributed by atoms with Gasteiger partial charge in [-0.1, -0.05) is 36.4 Å². The predicted octanol–water partition coefficient (Wildman–Crippen LogP) is 2.09. The first-order chi connectivity index (χ1) is 11.1. The summed E-state index contributed by atoms with van der Waals surface area (Å²) in [7, 11) is 1.75. The Morgan fingerprint density at radius 3 is 2.30 bits per heavy atom. The zero-order valence-corrected chi connectivity index (χ0v) is 13.5. The molecule has 0 aliphatic rings. The van der Waals surface area contributed by atoms with Crippen LogP contribution in [0.15, 0.2) is 54.9 Å². The van der Waals surface area contributed by atoms with Crippen molar-refractivity contribution < 1.29 is 9.59 Å². The molecule has 1 aromatic carbocycles. The Kier molecular flexibility index (Phi) is 5.86. The molecule has 5 heteroatoms. The van der Waals surface area contributed by atoms with Crippen LogP contribution in [0.4, 0.5) is 0 Å². The van der Waals surface area contributed by atoms with Crippen molar-refractivity contribution in [2.75, 3.05) is 13.6 Å². The van der Waals surface area contributed by atoms with E-state index in [0.717, 1.165) is 11.1 Å². The Labute approximate surface area is 136 Å². The van der Waals surface area contributed by atoms with Crippen molar-refractivity contribution in [2.45, 2.75) is 20.0 Å². The van der Waals surface area contributed by atoms with E-state index >= 15 is 0 Å². The van der Waals surface area contributed by atoms with Gasteiger partial charge in [-0.25, -0.2) is 0 Å². The summed E-state index contributed by atoms with van der Waals surface area (Å²) in [5.74, 6) is -0.219. The third-order valence-electron chi connectivity index (χ3n) is 3.56. The van der Waals surface area contributed by atoms with Gasteiger partial charge < -0.3 is 9.80 Å². The van der Waals surface area contributed by atoms with Crippen LogP contribution in [0.3, 0.4) is 0 Å². The lowest BCUT2D eigenvalue weighted by Gasteiger charge is -2.24. The number of likely N-dealkylation sites (N-methyl/N-ethyl adjacent to an activating group) is 1. The minimum atomic E-state index is -0.129. The quantitative estimate of drug-likeness (QED) is 0.821. The molecule has 2 amide bonds. The first-order valence-corrected chi connectivity index (χ1v) is 7.48. The molecule has 2 aromatic rings. The van der Waals surface area contributed by atoms with Gasteiger partial charge >= 0.3 is 0 Å². The van der Waals surface area contributed by atoms with Crippen molar-refractivity contribution in [3.8, 4) is 0 Å². The van der Waals surface area contributed by atoms with Crippen molar-refractivity contribution in [1.29, 1.82) is 0 Å². The summed E-state index contributed by atoms with van der Waals surface area (Å²) in [4.78, 5) is 31.4. The van der Waals surface area contributed by atoms with E-state index in [1.54, 1.807) is 24.3 Å². The van der Waals surface area contributed by atoms with Crippen LogP contribution in [0, 0.1) is 0 Å². The maximum absolute atomic E-state index is 12.4. The number of carbonyl (C=O) groups excluding carboxylic acids is 2. The summed E-state index contributed by atoms with van der Waals surface area (Å²) in [6.45, 7) is 2.45. The molecule has 1 heterocycles. The first kappa shape index (κ1) is 16.7. The van der Waals surface area contributed by atoms with Gasteiger partial charge in [-0.2, -0.15) is 0 Å². The topological polar surface area (TPSA) is 53.5 Å². The highest BCUT2D eigenvalue weighted by Gasteiger charge is 2.17. The minimum Gasteiger partial charge on any atom is -0.340 e. The average Bonchev–Trinajstić information content (AvgIpc) is 2.56. The monoisotopic (exact) mass is 311 g/mol. The molecule has 0 spiro atoms. The second kappa shape index (κ2) is 8.08. The molecule has 23 heavy (non-hydrogen) atoms. The highest BCUT2D eigenvalue weighted by atomic mass is 16.2. The SMILES string of the molecule is CC(=O)N(CC(=O)N(C)Cc1ccccc1)Cc1cccnc1. The van der Waals surface area contributed by atoms with Gasteiger partial charge in [0, 0.05) is 39.5 Å². The molecule has 5 nitrogen and oxygen atoms in total. The van der Waals surface area contributed by atoms with E-state index in [2.05, 4.69) is 4.98 Å². The van der Waals surface area contributed by atoms with Crippen LogP contribution in [0.25, 0.3) is 0 Å². The molecule has 2 rings (SSSR count). The molecule has 0 unspecified atom stereocenters. The van der Waals surface area contributed by atoms with Gasteiger partial charge in [0.05, 0.1) is 0 Å². The number of nitrogens with zero attached hydrogens (tertiary/aromatic N) is 3. The fourth-order valence-electron chi connectivity index (χ4n) is 2.22. The first-order valence-electron chi connectivity index (χ1n) is 7.48. The highest BCUT2D eigenvalue weighted by Crippen LogP contribution is 2.06. The van der Waals surface area contributed by atoms with Crippen molar-refractivity contribution >= 4 is 11.8 Å². The molecule has 0 radical (unpaired) electrons. The molecule has 1 aromatic heterocycles. The van der Waals surface area contributed by atoms with Crippen LogP contribution < -0.4 is 0 Å². The molecule has 0 aliphatic carbocycles. The Bertz CT molecular complexity index is 644. The van der Waals surface area contributed by atoms with E-state index in [-0.39, 0.29) is 18.4 Å². The molecule has 0 saturated carbocycles. The second-order valence-electron chi connectivity index (χ2n) is 5.47. The fourth-order valence-corrected chi connectivity index (χ4v) is 2.22. The summed E-state index contributed by atoms with van der Waals surface area (Å²) in [5, 5.41) is 0. The van der Waals surface area contributed by atoms with Crippen LogP contribution in [0.2, 0.25) is 0 Å². The van der Waals surface area contributed by atoms with Crippen LogP contribution in [-0.2, 0) is 22.7 Å². The molecule has 0 fully saturated rings. The van der Waals surface area contributed by atoms with E-state index in [0.29, 0.717) is 13.1 Å². The number of rotatable bonds is 6. The van der Waals surface area contributed by atoms with Crippen molar-refractivity contribution in [3.05, 3.63) is 66.0 Å². The number of pyridine rings is 1. The Balaban J connectivity index is 1.96. The molecule has 0 saturated heterocycles. The molecule has 0 N–H and O–H groups in total. The van der Waals surface area contributed by atoms with Crippen LogP contribution >= 0.6 is 0 Å². The summed E-state index contributed by atoms with van der Waals surface area (Å²) < 4.78 is 0. The summed E-state index contributed by atoms with van der Waals surface area (Å²) >= 11 is 0. The second-order valence-corrected chi connectivity index (χ2v) is 5.47. The van der Waals surface area contributed by atoms with Crippen molar-refractivity contribution in [1.82, 2.24) is 14.8 Å². The Morgan fingerprint density at radius 2 is 1.70 bits per heavy atom. The molecule has 0 aliphatic heterocycles. The highest BCUT2D eigenvalue weighted by molar-refractivity contribution is 5.83. The molecule has 0 atom stereocenters. The summed E-state index contributed by atoms with van der Waals surface area (Å²) in [6, 6.07) is 13.5. The van der Waals surface area contributed by atoms with Gasteiger partial charge in [0.1, 0.15) is 6.54 Å². The van der Waals surface area contributed by atoms with Gasteiger partial charge in [-0.3, -0.25) is 14.6 Å². The maximum atomic E-state index is 12.4.